The maximum absolute atomic E-state index is 6.05. The molecule has 1 heterocycles. The predicted molar refractivity (Wildman–Crippen MR) is 144 cm³/mol. The highest BCUT2D eigenvalue weighted by Gasteiger charge is 2.31. The van der Waals surface area contributed by atoms with Gasteiger partial charge in [-0.3, -0.25) is 0 Å². The van der Waals surface area contributed by atoms with Gasteiger partial charge in [-0.05, 0) is 90.3 Å². The topological polar surface area (TPSA) is 52.2 Å². The molecule has 4 rings (SSSR count). The van der Waals surface area contributed by atoms with Crippen LogP contribution in [0.15, 0.2) is 54.6 Å². The van der Waals surface area contributed by atoms with Crippen molar-refractivity contribution >= 4 is 34.6 Å². The average molecular weight is 513 g/mol. The summed E-state index contributed by atoms with van der Waals surface area (Å²) in [4.78, 5) is 2.23. The van der Waals surface area contributed by atoms with Crippen LogP contribution in [0.2, 0.25) is 5.02 Å². The summed E-state index contributed by atoms with van der Waals surface area (Å²) >= 11 is 11.9. The van der Waals surface area contributed by atoms with Crippen LogP contribution >= 0.6 is 23.8 Å². The number of ether oxygens (including phenoxy) is 4. The zero-order valence-electron chi connectivity index (χ0n) is 20.3. The Morgan fingerprint density at radius 3 is 2.17 bits per heavy atom. The maximum atomic E-state index is 6.05. The Labute approximate surface area is 216 Å². The minimum Gasteiger partial charge on any atom is -0.493 e. The van der Waals surface area contributed by atoms with Gasteiger partial charge < -0.3 is 29.2 Å². The van der Waals surface area contributed by atoms with Crippen LogP contribution in [0.1, 0.15) is 22.7 Å². The highest BCUT2D eigenvalue weighted by atomic mass is 35.5. The molecule has 0 radical (unpaired) electrons. The van der Waals surface area contributed by atoms with E-state index in [1.54, 1.807) is 28.4 Å². The Balaban J connectivity index is 1.71. The van der Waals surface area contributed by atoms with E-state index in [9.17, 15) is 0 Å². The number of halogens is 1. The van der Waals surface area contributed by atoms with E-state index in [0.29, 0.717) is 33.8 Å². The third-order valence-electron chi connectivity index (χ3n) is 6.24. The Bertz CT molecular complexity index is 1200. The molecule has 3 aromatic rings. The maximum Gasteiger partial charge on any atom is 0.173 e. The van der Waals surface area contributed by atoms with Gasteiger partial charge in [0.25, 0.3) is 0 Å². The number of nitrogens with zero attached hydrogens (tertiary/aromatic N) is 1. The molecule has 6 nitrogen and oxygen atoms in total. The van der Waals surface area contributed by atoms with Crippen molar-refractivity contribution in [2.24, 2.45) is 0 Å². The molecular weight excluding hydrogens is 484 g/mol. The van der Waals surface area contributed by atoms with Crippen LogP contribution in [-0.4, -0.2) is 45.0 Å². The van der Waals surface area contributed by atoms with Crippen LogP contribution in [0.3, 0.4) is 0 Å². The Kier molecular flexibility index (Phi) is 7.88. The zero-order valence-corrected chi connectivity index (χ0v) is 21.8. The standard InChI is InChI=1S/C27H29ClN2O4S/c1-31-23-10-5-17(14-24(23)32-2)13-22-21-16-26(34-4)25(33-3)15-18(21)11-12-30(22)27(35)29-20-8-6-19(28)7-9-20/h5-10,14-16,22H,11-13H2,1-4H3,(H,29,35). The van der Waals surface area contributed by atoms with E-state index in [4.69, 9.17) is 42.8 Å². The van der Waals surface area contributed by atoms with E-state index in [2.05, 4.69) is 28.4 Å². The lowest BCUT2D eigenvalue weighted by atomic mass is 9.88. The number of benzene rings is 3. The van der Waals surface area contributed by atoms with Gasteiger partial charge in [0, 0.05) is 17.3 Å². The monoisotopic (exact) mass is 512 g/mol. The largest absolute Gasteiger partial charge is 0.493 e. The number of fused-ring (bicyclic) bond motifs is 1. The molecule has 1 N–H and O–H groups in total. The fourth-order valence-electron chi connectivity index (χ4n) is 4.45. The lowest BCUT2D eigenvalue weighted by molar-refractivity contribution is 0.295. The number of methoxy groups -OCH3 is 4. The van der Waals surface area contributed by atoms with Gasteiger partial charge in [-0.2, -0.15) is 0 Å². The normalized spacial score (nSPS) is 14.7. The number of thiocarbonyl (C=S) groups is 1. The van der Waals surface area contributed by atoms with Gasteiger partial charge in [-0.1, -0.05) is 17.7 Å². The van der Waals surface area contributed by atoms with Crippen LogP contribution in [0.25, 0.3) is 0 Å². The second kappa shape index (κ2) is 11.1. The molecule has 0 saturated heterocycles. The second-order valence-corrected chi connectivity index (χ2v) is 9.02. The molecule has 184 valence electrons. The fourth-order valence-corrected chi connectivity index (χ4v) is 4.91. The first-order chi connectivity index (χ1) is 17.0. The lowest BCUT2D eigenvalue weighted by Gasteiger charge is -2.39. The molecule has 1 aliphatic heterocycles. The summed E-state index contributed by atoms with van der Waals surface area (Å²) in [5.74, 6) is 2.82. The lowest BCUT2D eigenvalue weighted by Crippen LogP contribution is -2.43. The van der Waals surface area contributed by atoms with Crippen molar-refractivity contribution in [3.8, 4) is 23.0 Å². The van der Waals surface area contributed by atoms with Crippen molar-refractivity contribution in [2.75, 3.05) is 40.3 Å². The van der Waals surface area contributed by atoms with Crippen LogP contribution in [0, 0.1) is 0 Å². The molecule has 35 heavy (non-hydrogen) atoms. The molecule has 0 fully saturated rings. The molecular formula is C27H29ClN2O4S. The highest BCUT2D eigenvalue weighted by Crippen LogP contribution is 2.40. The third kappa shape index (κ3) is 5.41. The van der Waals surface area contributed by atoms with Crippen molar-refractivity contribution in [1.82, 2.24) is 4.90 Å². The smallest absolute Gasteiger partial charge is 0.173 e. The van der Waals surface area contributed by atoms with E-state index >= 15 is 0 Å². The van der Waals surface area contributed by atoms with Gasteiger partial charge in [0.15, 0.2) is 28.1 Å². The zero-order chi connectivity index (χ0) is 24.9. The SMILES string of the molecule is COc1ccc(CC2c3cc(OC)c(OC)cc3CCN2C(=S)Nc2ccc(Cl)cc2)cc1OC. The van der Waals surface area contributed by atoms with Crippen molar-refractivity contribution < 1.29 is 18.9 Å². The average Bonchev–Trinajstić information content (AvgIpc) is 2.89. The number of anilines is 1. The minimum atomic E-state index is -0.0241. The predicted octanol–water partition coefficient (Wildman–Crippen LogP) is 5.91. The molecule has 0 amide bonds. The van der Waals surface area contributed by atoms with E-state index in [1.807, 2.05) is 36.4 Å². The first-order valence-electron chi connectivity index (χ1n) is 11.3. The summed E-state index contributed by atoms with van der Waals surface area (Å²) in [6.45, 7) is 0.764. The number of hydrogen-bond acceptors (Lipinski definition) is 5. The van der Waals surface area contributed by atoms with E-state index in [-0.39, 0.29) is 6.04 Å². The Morgan fingerprint density at radius 2 is 1.51 bits per heavy atom. The molecule has 0 aromatic heterocycles. The van der Waals surface area contributed by atoms with Crippen molar-refractivity contribution in [2.45, 2.75) is 18.9 Å². The Hall–Kier alpha value is -3.16. The van der Waals surface area contributed by atoms with Gasteiger partial charge in [-0.25, -0.2) is 0 Å². The first kappa shape index (κ1) is 24.9. The van der Waals surface area contributed by atoms with Gasteiger partial charge in [0.05, 0.1) is 34.5 Å². The van der Waals surface area contributed by atoms with Gasteiger partial charge in [-0.15, -0.1) is 0 Å². The summed E-state index contributed by atoms with van der Waals surface area (Å²) in [7, 11) is 6.59. The van der Waals surface area contributed by atoms with E-state index in [1.165, 1.54) is 5.56 Å². The van der Waals surface area contributed by atoms with Crippen LogP contribution < -0.4 is 24.3 Å². The van der Waals surface area contributed by atoms with Gasteiger partial charge >= 0.3 is 0 Å². The second-order valence-electron chi connectivity index (χ2n) is 8.20. The number of hydrogen-bond donors (Lipinski definition) is 1. The van der Waals surface area contributed by atoms with Crippen LogP contribution in [0.4, 0.5) is 5.69 Å². The summed E-state index contributed by atoms with van der Waals surface area (Å²) < 4.78 is 22.1. The molecule has 8 heteroatoms. The van der Waals surface area contributed by atoms with E-state index < -0.39 is 0 Å². The molecule has 0 aliphatic carbocycles. The molecule has 0 spiro atoms. The van der Waals surface area contributed by atoms with Crippen molar-refractivity contribution in [3.63, 3.8) is 0 Å². The summed E-state index contributed by atoms with van der Waals surface area (Å²) in [6, 6.07) is 17.6. The van der Waals surface area contributed by atoms with Crippen LogP contribution in [0.5, 0.6) is 23.0 Å². The summed E-state index contributed by atoms with van der Waals surface area (Å²) in [5.41, 5.74) is 4.37. The molecule has 1 unspecified atom stereocenters. The molecule has 1 atom stereocenters. The molecule has 0 saturated carbocycles. The van der Waals surface area contributed by atoms with Crippen LogP contribution in [-0.2, 0) is 12.8 Å². The fraction of sp³-hybridized carbons (Fsp3) is 0.296. The minimum absolute atomic E-state index is 0.0241. The highest BCUT2D eigenvalue weighted by molar-refractivity contribution is 7.80. The first-order valence-corrected chi connectivity index (χ1v) is 12.0. The quantitative estimate of drug-likeness (QED) is 0.395. The number of nitrogens with one attached hydrogen (secondary N) is 1. The van der Waals surface area contributed by atoms with Crippen molar-refractivity contribution in [3.05, 3.63) is 76.3 Å². The Morgan fingerprint density at radius 1 is 0.886 bits per heavy atom. The van der Waals surface area contributed by atoms with Crippen molar-refractivity contribution in [1.29, 1.82) is 0 Å². The molecule has 0 bridgehead atoms. The van der Waals surface area contributed by atoms with Gasteiger partial charge in [0.1, 0.15) is 0 Å². The number of rotatable bonds is 7. The summed E-state index contributed by atoms with van der Waals surface area (Å²) in [5, 5.41) is 4.71. The summed E-state index contributed by atoms with van der Waals surface area (Å²) in [6.07, 6.45) is 1.55. The van der Waals surface area contributed by atoms with E-state index in [0.717, 1.165) is 35.5 Å². The third-order valence-corrected chi connectivity index (χ3v) is 6.82. The molecule has 1 aliphatic rings. The molecule has 3 aromatic carbocycles. The van der Waals surface area contributed by atoms with Gasteiger partial charge in [0.2, 0.25) is 0 Å².